The minimum absolute atomic E-state index is 0.246. The van der Waals surface area contributed by atoms with Crippen molar-refractivity contribution in [2.45, 2.75) is 32.2 Å². The van der Waals surface area contributed by atoms with Crippen LogP contribution in [0.1, 0.15) is 36.0 Å². The standard InChI is InChI=1S/C14H18N2O3/c17-8-4-2-1-3-7-16-10-15-12-6-5-11(14(18)19)9-13(12)16/h5-6,9-10,17H,1-4,7-8H2,(H,18,19). The van der Waals surface area contributed by atoms with E-state index in [1.54, 1.807) is 24.5 Å². The van der Waals surface area contributed by atoms with Gasteiger partial charge in [-0.2, -0.15) is 0 Å². The van der Waals surface area contributed by atoms with E-state index in [2.05, 4.69) is 4.98 Å². The van der Waals surface area contributed by atoms with Crippen LogP contribution in [0.3, 0.4) is 0 Å². The minimum atomic E-state index is -0.919. The van der Waals surface area contributed by atoms with Crippen molar-refractivity contribution in [3.8, 4) is 0 Å². The normalized spacial score (nSPS) is 11.0. The maximum Gasteiger partial charge on any atom is 0.335 e. The molecule has 2 rings (SSSR count). The molecule has 0 saturated carbocycles. The summed E-state index contributed by atoms with van der Waals surface area (Å²) >= 11 is 0. The first-order valence-electron chi connectivity index (χ1n) is 6.51. The van der Waals surface area contributed by atoms with Gasteiger partial charge in [-0.05, 0) is 31.0 Å². The zero-order chi connectivity index (χ0) is 13.7. The van der Waals surface area contributed by atoms with Crippen LogP contribution in [0.2, 0.25) is 0 Å². The van der Waals surface area contributed by atoms with E-state index >= 15 is 0 Å². The molecule has 2 N–H and O–H groups in total. The molecule has 5 heteroatoms. The molecule has 19 heavy (non-hydrogen) atoms. The van der Waals surface area contributed by atoms with Crippen LogP contribution >= 0.6 is 0 Å². The molecule has 1 aromatic heterocycles. The van der Waals surface area contributed by atoms with Crippen LogP contribution in [0, 0.1) is 0 Å². The number of carbonyl (C=O) groups is 1. The summed E-state index contributed by atoms with van der Waals surface area (Å²) in [4.78, 5) is 15.2. The average Bonchev–Trinajstić information content (AvgIpc) is 2.81. The van der Waals surface area contributed by atoms with Gasteiger partial charge in [-0.1, -0.05) is 12.8 Å². The Morgan fingerprint density at radius 3 is 2.74 bits per heavy atom. The maximum absolute atomic E-state index is 11.0. The van der Waals surface area contributed by atoms with E-state index in [-0.39, 0.29) is 12.2 Å². The van der Waals surface area contributed by atoms with Crippen LogP contribution < -0.4 is 0 Å². The van der Waals surface area contributed by atoms with Gasteiger partial charge in [0.25, 0.3) is 0 Å². The summed E-state index contributed by atoms with van der Waals surface area (Å²) in [5.41, 5.74) is 1.97. The van der Waals surface area contributed by atoms with E-state index < -0.39 is 5.97 Å². The van der Waals surface area contributed by atoms with Gasteiger partial charge in [0.1, 0.15) is 0 Å². The van der Waals surface area contributed by atoms with Gasteiger partial charge in [0.2, 0.25) is 0 Å². The van der Waals surface area contributed by atoms with Gasteiger partial charge in [-0.3, -0.25) is 0 Å². The molecular weight excluding hydrogens is 244 g/mol. The van der Waals surface area contributed by atoms with Crippen molar-refractivity contribution < 1.29 is 15.0 Å². The molecule has 1 heterocycles. The first kappa shape index (κ1) is 13.5. The number of aliphatic hydroxyl groups excluding tert-OH is 1. The monoisotopic (exact) mass is 262 g/mol. The van der Waals surface area contributed by atoms with Gasteiger partial charge >= 0.3 is 5.97 Å². The Kier molecular flexibility index (Phi) is 4.52. The van der Waals surface area contributed by atoms with Crippen LogP contribution in [0.5, 0.6) is 0 Å². The van der Waals surface area contributed by atoms with Gasteiger partial charge in [0.15, 0.2) is 0 Å². The Bertz CT molecular complexity index is 563. The number of aromatic carboxylic acids is 1. The second-order valence-corrected chi connectivity index (χ2v) is 4.58. The predicted molar refractivity (Wildman–Crippen MR) is 72.2 cm³/mol. The fourth-order valence-electron chi connectivity index (χ4n) is 2.12. The molecule has 5 nitrogen and oxygen atoms in total. The van der Waals surface area contributed by atoms with Crippen LogP contribution in [0.25, 0.3) is 11.0 Å². The molecule has 0 aliphatic rings. The van der Waals surface area contributed by atoms with Crippen molar-refractivity contribution in [1.29, 1.82) is 0 Å². The lowest BCUT2D eigenvalue weighted by Gasteiger charge is -2.04. The maximum atomic E-state index is 11.0. The average molecular weight is 262 g/mol. The van der Waals surface area contributed by atoms with E-state index in [0.717, 1.165) is 43.3 Å². The highest BCUT2D eigenvalue weighted by Gasteiger charge is 2.07. The summed E-state index contributed by atoms with van der Waals surface area (Å²) in [7, 11) is 0. The predicted octanol–water partition coefficient (Wildman–Crippen LogP) is 2.29. The molecule has 0 bridgehead atoms. The zero-order valence-electron chi connectivity index (χ0n) is 10.7. The number of nitrogens with zero attached hydrogens (tertiary/aromatic N) is 2. The highest BCUT2D eigenvalue weighted by molar-refractivity contribution is 5.92. The van der Waals surface area contributed by atoms with Crippen molar-refractivity contribution >= 4 is 17.0 Å². The van der Waals surface area contributed by atoms with E-state index in [1.165, 1.54) is 0 Å². The number of aryl methyl sites for hydroxylation is 1. The summed E-state index contributed by atoms with van der Waals surface area (Å²) in [6.07, 6.45) is 5.67. The van der Waals surface area contributed by atoms with Gasteiger partial charge in [-0.25, -0.2) is 9.78 Å². The number of carboxylic acid groups (broad SMARTS) is 1. The number of hydrogen-bond donors (Lipinski definition) is 2. The number of hydrogen-bond acceptors (Lipinski definition) is 3. The zero-order valence-corrected chi connectivity index (χ0v) is 10.7. The molecular formula is C14H18N2O3. The summed E-state index contributed by atoms with van der Waals surface area (Å²) in [6, 6.07) is 4.97. The SMILES string of the molecule is O=C(O)c1ccc2ncn(CCCCCCO)c2c1. The summed E-state index contributed by atoms with van der Waals surface area (Å²) in [6.45, 7) is 1.07. The second-order valence-electron chi connectivity index (χ2n) is 4.58. The van der Waals surface area contributed by atoms with Gasteiger partial charge in [0, 0.05) is 13.2 Å². The molecule has 2 aromatic rings. The summed E-state index contributed by atoms with van der Waals surface area (Å²) in [5.74, 6) is -0.919. The molecule has 0 unspecified atom stereocenters. The fourth-order valence-corrected chi connectivity index (χ4v) is 2.12. The number of benzene rings is 1. The highest BCUT2D eigenvalue weighted by atomic mass is 16.4. The Labute approximate surface area is 111 Å². The minimum Gasteiger partial charge on any atom is -0.478 e. The first-order chi connectivity index (χ1) is 9.22. The van der Waals surface area contributed by atoms with Crippen LogP contribution in [0.15, 0.2) is 24.5 Å². The molecule has 0 atom stereocenters. The number of fused-ring (bicyclic) bond motifs is 1. The van der Waals surface area contributed by atoms with E-state index in [9.17, 15) is 4.79 Å². The highest BCUT2D eigenvalue weighted by Crippen LogP contribution is 2.16. The Hall–Kier alpha value is -1.88. The lowest BCUT2D eigenvalue weighted by atomic mass is 10.2. The van der Waals surface area contributed by atoms with Gasteiger partial charge in [-0.15, -0.1) is 0 Å². The third-order valence-corrected chi connectivity index (χ3v) is 3.18. The Morgan fingerprint density at radius 2 is 2.00 bits per heavy atom. The molecule has 0 fully saturated rings. The largest absolute Gasteiger partial charge is 0.478 e. The van der Waals surface area contributed by atoms with Crippen LogP contribution in [-0.4, -0.2) is 32.3 Å². The quantitative estimate of drug-likeness (QED) is 0.751. The number of imidazole rings is 1. The number of aromatic nitrogens is 2. The lowest BCUT2D eigenvalue weighted by molar-refractivity contribution is 0.0697. The topological polar surface area (TPSA) is 75.3 Å². The van der Waals surface area contributed by atoms with Crippen molar-refractivity contribution in [1.82, 2.24) is 9.55 Å². The second kappa shape index (κ2) is 6.33. The number of aliphatic hydroxyl groups is 1. The van der Waals surface area contributed by atoms with E-state index in [4.69, 9.17) is 10.2 Å². The molecule has 0 amide bonds. The molecule has 102 valence electrons. The van der Waals surface area contributed by atoms with Crippen LogP contribution in [0.4, 0.5) is 0 Å². The third kappa shape index (κ3) is 3.32. The van der Waals surface area contributed by atoms with Gasteiger partial charge < -0.3 is 14.8 Å². The third-order valence-electron chi connectivity index (χ3n) is 3.18. The fraction of sp³-hybridized carbons (Fsp3) is 0.429. The number of unbranched alkanes of at least 4 members (excludes halogenated alkanes) is 3. The smallest absolute Gasteiger partial charge is 0.335 e. The van der Waals surface area contributed by atoms with Crippen molar-refractivity contribution in [3.05, 3.63) is 30.1 Å². The van der Waals surface area contributed by atoms with E-state index in [1.807, 2.05) is 4.57 Å². The van der Waals surface area contributed by atoms with Crippen molar-refractivity contribution in [3.63, 3.8) is 0 Å². The van der Waals surface area contributed by atoms with Crippen LogP contribution in [-0.2, 0) is 6.54 Å². The number of rotatable bonds is 7. The Balaban J connectivity index is 2.06. The molecule has 0 radical (unpaired) electrons. The first-order valence-corrected chi connectivity index (χ1v) is 6.51. The van der Waals surface area contributed by atoms with E-state index in [0.29, 0.717) is 0 Å². The summed E-state index contributed by atoms with van der Waals surface area (Å²) in [5, 5.41) is 17.7. The molecule has 1 aromatic carbocycles. The summed E-state index contributed by atoms with van der Waals surface area (Å²) < 4.78 is 1.99. The van der Waals surface area contributed by atoms with Gasteiger partial charge in [0.05, 0.1) is 22.9 Å². The lowest BCUT2D eigenvalue weighted by Crippen LogP contribution is -1.99. The molecule has 0 spiro atoms. The molecule has 0 aliphatic heterocycles. The number of carboxylic acids is 1. The van der Waals surface area contributed by atoms with Crippen molar-refractivity contribution in [2.75, 3.05) is 6.61 Å². The molecule has 0 saturated heterocycles. The Morgan fingerprint density at radius 1 is 1.21 bits per heavy atom. The molecule has 0 aliphatic carbocycles. The van der Waals surface area contributed by atoms with Crippen molar-refractivity contribution in [2.24, 2.45) is 0 Å².